The maximum Gasteiger partial charge on any atom is 0.0481 e. The van der Waals surface area contributed by atoms with E-state index in [0.717, 1.165) is 6.54 Å². The van der Waals surface area contributed by atoms with Gasteiger partial charge in [0, 0.05) is 38.1 Å². The quantitative estimate of drug-likeness (QED) is 0.161. The lowest BCUT2D eigenvalue weighted by atomic mass is 9.96. The zero-order valence-corrected chi connectivity index (χ0v) is 29.9. The molecule has 0 amide bonds. The number of benzene rings is 9. The van der Waals surface area contributed by atoms with Gasteiger partial charge in [0.15, 0.2) is 0 Å². The summed E-state index contributed by atoms with van der Waals surface area (Å²) >= 11 is 1.87. The standard InChI is InChI=1S/C51H35NS/c1-3-9-36(10-4-1)40-22-19-38-20-23-41(30-44(38)29-40)42-24-21-39-25-27-47(32-45(39)31-42)52(46-11-5-2-6-12-46)34-35-15-17-37(18-16-35)43-26-28-51-49(33-43)48-13-7-8-14-50(48)53-51/h1-33H,34H2. The maximum absolute atomic E-state index is 2.42. The van der Waals surface area contributed by atoms with E-state index in [4.69, 9.17) is 0 Å². The monoisotopic (exact) mass is 693 g/mol. The molecule has 0 bridgehead atoms. The summed E-state index contributed by atoms with van der Waals surface area (Å²) < 4.78 is 2.68. The van der Waals surface area contributed by atoms with E-state index in [0.29, 0.717) is 0 Å². The van der Waals surface area contributed by atoms with Crippen molar-refractivity contribution in [2.24, 2.45) is 0 Å². The van der Waals surface area contributed by atoms with E-state index in [9.17, 15) is 0 Å². The van der Waals surface area contributed by atoms with Crippen LogP contribution in [0.4, 0.5) is 11.4 Å². The van der Waals surface area contributed by atoms with Crippen LogP contribution in [0.25, 0.3) is 75.1 Å². The summed E-state index contributed by atoms with van der Waals surface area (Å²) in [5, 5.41) is 7.63. The highest BCUT2D eigenvalue weighted by molar-refractivity contribution is 7.25. The molecule has 0 saturated heterocycles. The molecule has 9 aromatic carbocycles. The van der Waals surface area contributed by atoms with Gasteiger partial charge in [-0.1, -0.05) is 140 Å². The molecule has 1 aromatic heterocycles. The number of anilines is 2. The molecule has 0 aliphatic rings. The van der Waals surface area contributed by atoms with Crippen LogP contribution in [-0.4, -0.2) is 0 Å². The molecule has 10 aromatic rings. The first kappa shape index (κ1) is 31.3. The van der Waals surface area contributed by atoms with Gasteiger partial charge in [0.1, 0.15) is 0 Å². The van der Waals surface area contributed by atoms with Gasteiger partial charge in [-0.3, -0.25) is 0 Å². The smallest absolute Gasteiger partial charge is 0.0481 e. The van der Waals surface area contributed by atoms with Crippen molar-refractivity contribution in [3.63, 3.8) is 0 Å². The molecule has 0 saturated carbocycles. The zero-order chi connectivity index (χ0) is 35.1. The third-order valence-electron chi connectivity index (χ3n) is 10.5. The third-order valence-corrected chi connectivity index (χ3v) is 11.6. The Morgan fingerprint density at radius 1 is 0.321 bits per heavy atom. The summed E-state index contributed by atoms with van der Waals surface area (Å²) in [6, 6.07) is 73.3. The Morgan fingerprint density at radius 2 is 0.830 bits per heavy atom. The molecule has 0 fully saturated rings. The number of fused-ring (bicyclic) bond motifs is 5. The van der Waals surface area contributed by atoms with Crippen molar-refractivity contribution in [2.45, 2.75) is 6.54 Å². The molecule has 53 heavy (non-hydrogen) atoms. The molecule has 0 aliphatic carbocycles. The van der Waals surface area contributed by atoms with E-state index >= 15 is 0 Å². The number of thiophene rings is 1. The Morgan fingerprint density at radius 3 is 1.55 bits per heavy atom. The van der Waals surface area contributed by atoms with Crippen molar-refractivity contribution in [3.8, 4) is 33.4 Å². The predicted octanol–water partition coefficient (Wildman–Crippen LogP) is 14.7. The first-order chi connectivity index (χ1) is 26.2. The molecule has 0 aliphatic heterocycles. The van der Waals surface area contributed by atoms with E-state index < -0.39 is 0 Å². The van der Waals surface area contributed by atoms with Gasteiger partial charge in [0.05, 0.1) is 0 Å². The van der Waals surface area contributed by atoms with Crippen molar-refractivity contribution in [3.05, 3.63) is 206 Å². The van der Waals surface area contributed by atoms with E-state index in [-0.39, 0.29) is 0 Å². The summed E-state index contributed by atoms with van der Waals surface area (Å²) in [6.07, 6.45) is 0. The molecule has 0 radical (unpaired) electrons. The number of hydrogen-bond acceptors (Lipinski definition) is 2. The molecular formula is C51H35NS. The van der Waals surface area contributed by atoms with Crippen LogP contribution in [-0.2, 0) is 6.54 Å². The van der Waals surface area contributed by atoms with Crippen LogP contribution in [0.2, 0.25) is 0 Å². The molecule has 1 nitrogen and oxygen atoms in total. The van der Waals surface area contributed by atoms with Crippen molar-refractivity contribution in [1.29, 1.82) is 0 Å². The van der Waals surface area contributed by atoms with Crippen LogP contribution < -0.4 is 4.90 Å². The second-order valence-electron chi connectivity index (χ2n) is 13.8. The molecule has 10 rings (SSSR count). The summed E-state index contributed by atoms with van der Waals surface area (Å²) in [5.41, 5.74) is 11.0. The number of nitrogens with zero attached hydrogens (tertiary/aromatic N) is 1. The van der Waals surface area contributed by atoms with Crippen LogP contribution in [0.3, 0.4) is 0 Å². The van der Waals surface area contributed by atoms with Crippen molar-refractivity contribution in [2.75, 3.05) is 4.90 Å². The van der Waals surface area contributed by atoms with E-state index in [1.165, 1.54) is 92.0 Å². The van der Waals surface area contributed by atoms with Gasteiger partial charge >= 0.3 is 0 Å². The Kier molecular flexibility index (Phi) is 7.82. The molecule has 2 heteroatoms. The fourth-order valence-electron chi connectivity index (χ4n) is 7.65. The second-order valence-corrected chi connectivity index (χ2v) is 14.9. The second kappa shape index (κ2) is 13.2. The van der Waals surface area contributed by atoms with Gasteiger partial charge in [-0.15, -0.1) is 11.3 Å². The normalized spacial score (nSPS) is 11.5. The van der Waals surface area contributed by atoms with Crippen molar-refractivity contribution >= 4 is 64.4 Å². The summed E-state index contributed by atoms with van der Waals surface area (Å²) in [6.45, 7) is 0.762. The Balaban J connectivity index is 0.969. The lowest BCUT2D eigenvalue weighted by Crippen LogP contribution is -2.16. The molecule has 0 unspecified atom stereocenters. The molecular weight excluding hydrogens is 659 g/mol. The summed E-state index contributed by atoms with van der Waals surface area (Å²) in [7, 11) is 0. The molecule has 0 spiro atoms. The third kappa shape index (κ3) is 6.04. The number of para-hydroxylation sites is 1. The van der Waals surface area contributed by atoms with E-state index in [2.05, 4.69) is 205 Å². The molecule has 250 valence electrons. The largest absolute Gasteiger partial charge is 0.337 e. The molecule has 0 N–H and O–H groups in total. The fraction of sp³-hybridized carbons (Fsp3) is 0.0196. The van der Waals surface area contributed by atoms with Gasteiger partial charge in [0.2, 0.25) is 0 Å². The van der Waals surface area contributed by atoms with Gasteiger partial charge in [-0.2, -0.15) is 0 Å². The highest BCUT2D eigenvalue weighted by Gasteiger charge is 2.13. The zero-order valence-electron chi connectivity index (χ0n) is 29.1. The number of hydrogen-bond donors (Lipinski definition) is 0. The van der Waals surface area contributed by atoms with Gasteiger partial charge in [0.25, 0.3) is 0 Å². The highest BCUT2D eigenvalue weighted by Crippen LogP contribution is 2.37. The Bertz CT molecular complexity index is 2910. The van der Waals surface area contributed by atoms with Gasteiger partial charge in [-0.05, 0) is 121 Å². The average Bonchev–Trinajstić information content (AvgIpc) is 3.61. The first-order valence-corrected chi connectivity index (χ1v) is 19.0. The van der Waals surface area contributed by atoms with Crippen molar-refractivity contribution in [1.82, 2.24) is 0 Å². The minimum atomic E-state index is 0.762. The van der Waals surface area contributed by atoms with Gasteiger partial charge in [-0.25, -0.2) is 0 Å². The summed E-state index contributed by atoms with van der Waals surface area (Å²) in [4.78, 5) is 2.42. The van der Waals surface area contributed by atoms with Crippen molar-refractivity contribution < 1.29 is 0 Å². The number of rotatable bonds is 7. The SMILES string of the molecule is c1ccc(-c2ccc3ccc(-c4ccc5ccc(N(Cc6ccc(-c7ccc8sc9ccccc9c8c7)cc6)c6ccccc6)cc5c4)cc3c2)cc1. The highest BCUT2D eigenvalue weighted by atomic mass is 32.1. The van der Waals surface area contributed by atoms with E-state index in [1.807, 2.05) is 11.3 Å². The van der Waals surface area contributed by atoms with Crippen LogP contribution in [0.15, 0.2) is 200 Å². The fourth-order valence-corrected chi connectivity index (χ4v) is 8.73. The van der Waals surface area contributed by atoms with Crippen LogP contribution >= 0.6 is 11.3 Å². The Labute approximate surface area is 313 Å². The lowest BCUT2D eigenvalue weighted by molar-refractivity contribution is 0.977. The predicted molar refractivity (Wildman–Crippen MR) is 229 cm³/mol. The minimum absolute atomic E-state index is 0.762. The van der Waals surface area contributed by atoms with Crippen LogP contribution in [0, 0.1) is 0 Å². The maximum atomic E-state index is 2.42. The summed E-state index contributed by atoms with van der Waals surface area (Å²) in [5.74, 6) is 0. The van der Waals surface area contributed by atoms with Gasteiger partial charge < -0.3 is 4.90 Å². The van der Waals surface area contributed by atoms with Crippen LogP contribution in [0.1, 0.15) is 5.56 Å². The minimum Gasteiger partial charge on any atom is -0.337 e. The van der Waals surface area contributed by atoms with Crippen LogP contribution in [0.5, 0.6) is 0 Å². The molecule has 1 heterocycles. The first-order valence-electron chi connectivity index (χ1n) is 18.2. The lowest BCUT2D eigenvalue weighted by Gasteiger charge is -2.26. The molecule has 0 atom stereocenters. The topological polar surface area (TPSA) is 3.24 Å². The Hall–Kier alpha value is -6.48. The average molecular weight is 694 g/mol. The van der Waals surface area contributed by atoms with E-state index in [1.54, 1.807) is 0 Å².